The van der Waals surface area contributed by atoms with Crippen LogP contribution in [0.3, 0.4) is 0 Å². The standard InChI is InChI=1S/C19H17FN4O3S/c1-12-7-8-13(2)16(9-12)24-19(21-22-23-24)28-11-18(26)27-10-17(25)14-5-3-4-6-15(14)20/h3-9H,10-11H2,1-2H3. The number of nitrogens with zero attached hydrogens (tertiary/aromatic N) is 4. The molecule has 3 aromatic rings. The van der Waals surface area contributed by atoms with Crippen molar-refractivity contribution < 1.29 is 18.7 Å². The second-order valence-corrected chi connectivity index (χ2v) is 6.96. The van der Waals surface area contributed by atoms with Crippen molar-refractivity contribution in [3.63, 3.8) is 0 Å². The van der Waals surface area contributed by atoms with Crippen molar-refractivity contribution in [1.82, 2.24) is 20.2 Å². The molecular weight excluding hydrogens is 383 g/mol. The van der Waals surface area contributed by atoms with Crippen molar-refractivity contribution in [2.75, 3.05) is 12.4 Å². The highest BCUT2D eigenvalue weighted by Crippen LogP contribution is 2.21. The summed E-state index contributed by atoms with van der Waals surface area (Å²) in [4.78, 5) is 23.9. The lowest BCUT2D eigenvalue weighted by Crippen LogP contribution is -2.16. The summed E-state index contributed by atoms with van der Waals surface area (Å²) in [6.07, 6.45) is 0. The maximum Gasteiger partial charge on any atom is 0.316 e. The number of thioether (sulfide) groups is 1. The lowest BCUT2D eigenvalue weighted by atomic mass is 10.1. The van der Waals surface area contributed by atoms with E-state index in [9.17, 15) is 14.0 Å². The van der Waals surface area contributed by atoms with Crippen molar-refractivity contribution in [2.45, 2.75) is 19.0 Å². The Morgan fingerprint density at radius 3 is 2.75 bits per heavy atom. The largest absolute Gasteiger partial charge is 0.457 e. The first kappa shape index (κ1) is 19.7. The quantitative estimate of drug-likeness (QED) is 0.342. The number of aromatic nitrogens is 4. The van der Waals surface area contributed by atoms with Gasteiger partial charge in [-0.15, -0.1) is 5.10 Å². The number of carbonyl (C=O) groups excluding carboxylic acids is 2. The first-order valence-corrected chi connectivity index (χ1v) is 9.36. The molecule has 0 amide bonds. The number of esters is 1. The van der Waals surface area contributed by atoms with Gasteiger partial charge in [0.1, 0.15) is 5.82 Å². The summed E-state index contributed by atoms with van der Waals surface area (Å²) in [6.45, 7) is 3.37. The maximum atomic E-state index is 13.6. The molecule has 7 nitrogen and oxygen atoms in total. The smallest absolute Gasteiger partial charge is 0.316 e. The van der Waals surface area contributed by atoms with Gasteiger partial charge < -0.3 is 4.74 Å². The molecule has 0 fully saturated rings. The minimum Gasteiger partial charge on any atom is -0.457 e. The number of aryl methyl sites for hydroxylation is 2. The molecule has 1 heterocycles. The van der Waals surface area contributed by atoms with Gasteiger partial charge in [0.05, 0.1) is 17.0 Å². The molecule has 2 aromatic carbocycles. The van der Waals surface area contributed by atoms with Crippen molar-refractivity contribution >= 4 is 23.5 Å². The van der Waals surface area contributed by atoms with E-state index in [2.05, 4.69) is 15.5 Å². The summed E-state index contributed by atoms with van der Waals surface area (Å²) in [5.41, 5.74) is 2.74. The number of halogens is 1. The van der Waals surface area contributed by atoms with Gasteiger partial charge in [-0.05, 0) is 53.6 Å². The van der Waals surface area contributed by atoms with Gasteiger partial charge in [0.15, 0.2) is 6.61 Å². The molecule has 28 heavy (non-hydrogen) atoms. The van der Waals surface area contributed by atoms with E-state index in [1.165, 1.54) is 18.2 Å². The Morgan fingerprint density at radius 1 is 1.18 bits per heavy atom. The minimum absolute atomic E-state index is 0.0875. The number of carbonyl (C=O) groups is 2. The first-order valence-electron chi connectivity index (χ1n) is 8.38. The molecule has 1 aromatic heterocycles. The maximum absolute atomic E-state index is 13.6. The van der Waals surface area contributed by atoms with Gasteiger partial charge >= 0.3 is 5.97 Å². The van der Waals surface area contributed by atoms with Crippen LogP contribution in [0.4, 0.5) is 4.39 Å². The second kappa shape index (κ2) is 8.75. The van der Waals surface area contributed by atoms with E-state index in [0.717, 1.165) is 28.6 Å². The molecule has 0 aliphatic heterocycles. The Labute approximate surface area is 164 Å². The molecule has 0 aliphatic carbocycles. The van der Waals surface area contributed by atoms with E-state index < -0.39 is 24.2 Å². The van der Waals surface area contributed by atoms with Crippen LogP contribution >= 0.6 is 11.8 Å². The third kappa shape index (κ3) is 4.61. The van der Waals surface area contributed by atoms with Gasteiger partial charge in [-0.25, -0.2) is 4.39 Å². The van der Waals surface area contributed by atoms with Crippen LogP contribution in [-0.2, 0) is 9.53 Å². The van der Waals surface area contributed by atoms with Crippen molar-refractivity contribution in [2.24, 2.45) is 0 Å². The molecule has 0 spiro atoms. The predicted octanol–water partition coefficient (Wildman–Crippen LogP) is 2.94. The van der Waals surface area contributed by atoms with E-state index in [1.807, 2.05) is 32.0 Å². The summed E-state index contributed by atoms with van der Waals surface area (Å²) in [5.74, 6) is -1.96. The number of ketones is 1. The number of hydrogen-bond donors (Lipinski definition) is 0. The van der Waals surface area contributed by atoms with Gasteiger partial charge in [0.25, 0.3) is 0 Å². The van der Waals surface area contributed by atoms with Gasteiger partial charge in [-0.2, -0.15) is 4.68 Å². The van der Waals surface area contributed by atoms with Crippen LogP contribution < -0.4 is 0 Å². The fourth-order valence-electron chi connectivity index (χ4n) is 2.44. The number of rotatable bonds is 7. The zero-order chi connectivity index (χ0) is 20.1. The van der Waals surface area contributed by atoms with E-state index in [4.69, 9.17) is 4.74 Å². The molecule has 0 saturated heterocycles. The fourth-order valence-corrected chi connectivity index (χ4v) is 3.13. The zero-order valence-electron chi connectivity index (χ0n) is 15.3. The van der Waals surface area contributed by atoms with E-state index in [0.29, 0.717) is 5.16 Å². The molecule has 0 unspecified atom stereocenters. The molecule has 144 valence electrons. The lowest BCUT2D eigenvalue weighted by Gasteiger charge is -2.08. The van der Waals surface area contributed by atoms with Crippen molar-refractivity contribution in [3.05, 3.63) is 65.0 Å². The third-order valence-electron chi connectivity index (χ3n) is 3.89. The van der Waals surface area contributed by atoms with Crippen LogP contribution in [0.15, 0.2) is 47.6 Å². The molecule has 0 atom stereocenters. The Morgan fingerprint density at radius 2 is 1.96 bits per heavy atom. The normalized spacial score (nSPS) is 10.7. The van der Waals surface area contributed by atoms with Gasteiger partial charge in [0, 0.05) is 0 Å². The molecule has 9 heteroatoms. The molecule has 0 aliphatic rings. The van der Waals surface area contributed by atoms with Gasteiger partial charge in [-0.3, -0.25) is 9.59 Å². The molecule has 0 radical (unpaired) electrons. The van der Waals surface area contributed by atoms with Crippen LogP contribution in [0.2, 0.25) is 0 Å². The second-order valence-electron chi connectivity index (χ2n) is 6.02. The molecular formula is C19H17FN4O3S. The van der Waals surface area contributed by atoms with Crippen molar-refractivity contribution in [3.8, 4) is 5.69 Å². The SMILES string of the molecule is Cc1ccc(C)c(-n2nnnc2SCC(=O)OCC(=O)c2ccccc2F)c1. The molecule has 3 rings (SSSR count). The Kier molecular flexibility index (Phi) is 6.15. The Hall–Kier alpha value is -3.07. The number of hydrogen-bond acceptors (Lipinski definition) is 7. The van der Waals surface area contributed by atoms with Gasteiger partial charge in [0.2, 0.25) is 10.9 Å². The highest BCUT2D eigenvalue weighted by atomic mass is 32.2. The van der Waals surface area contributed by atoms with Crippen LogP contribution in [0.5, 0.6) is 0 Å². The van der Waals surface area contributed by atoms with E-state index >= 15 is 0 Å². The lowest BCUT2D eigenvalue weighted by molar-refractivity contribution is -0.139. The van der Waals surface area contributed by atoms with Crippen LogP contribution in [0.25, 0.3) is 5.69 Å². The number of tetrazole rings is 1. The van der Waals surface area contributed by atoms with Crippen molar-refractivity contribution in [1.29, 1.82) is 0 Å². The topological polar surface area (TPSA) is 87.0 Å². The summed E-state index contributed by atoms with van der Waals surface area (Å²) < 4.78 is 20.1. The average Bonchev–Trinajstić information content (AvgIpc) is 3.15. The first-order chi connectivity index (χ1) is 13.5. The molecule has 0 saturated carbocycles. The summed E-state index contributed by atoms with van der Waals surface area (Å²) in [6, 6.07) is 11.4. The number of ether oxygens (including phenoxy) is 1. The molecule has 0 bridgehead atoms. The van der Waals surface area contributed by atoms with Gasteiger partial charge in [-0.1, -0.05) is 36.0 Å². The highest BCUT2D eigenvalue weighted by molar-refractivity contribution is 7.99. The monoisotopic (exact) mass is 400 g/mol. The third-order valence-corrected chi connectivity index (χ3v) is 4.78. The van der Waals surface area contributed by atoms with Crippen LogP contribution in [0, 0.1) is 19.7 Å². The predicted molar refractivity (Wildman–Crippen MR) is 101 cm³/mol. The summed E-state index contributed by atoms with van der Waals surface area (Å²) in [7, 11) is 0. The summed E-state index contributed by atoms with van der Waals surface area (Å²) >= 11 is 1.09. The Bertz CT molecular complexity index is 1020. The van der Waals surface area contributed by atoms with E-state index in [-0.39, 0.29) is 11.3 Å². The zero-order valence-corrected chi connectivity index (χ0v) is 16.1. The average molecular weight is 400 g/mol. The number of Topliss-reactive ketones (excluding diaryl/α,β-unsaturated/α-hetero) is 1. The minimum atomic E-state index is -0.648. The Balaban J connectivity index is 1.59. The van der Waals surface area contributed by atoms with Crippen LogP contribution in [0.1, 0.15) is 21.5 Å². The fraction of sp³-hybridized carbons (Fsp3) is 0.211. The van der Waals surface area contributed by atoms with Crippen LogP contribution in [-0.4, -0.2) is 44.3 Å². The van der Waals surface area contributed by atoms with E-state index in [1.54, 1.807) is 10.7 Å². The molecule has 0 N–H and O–H groups in total. The number of benzene rings is 2. The summed E-state index contributed by atoms with van der Waals surface area (Å²) in [5, 5.41) is 12.0. The highest BCUT2D eigenvalue weighted by Gasteiger charge is 2.16.